The fourth-order valence-electron chi connectivity index (χ4n) is 2.26. The number of carboxylic acid groups (broad SMARTS) is 1. The van der Waals surface area contributed by atoms with Crippen molar-refractivity contribution in [1.82, 2.24) is 0 Å². The molecule has 124 valence electrons. The molecule has 5 nitrogen and oxygen atoms in total. The van der Waals surface area contributed by atoms with Crippen molar-refractivity contribution >= 4 is 30.8 Å². The maximum Gasteiger partial charge on any atom is 0.491 e. The van der Waals surface area contributed by atoms with Crippen molar-refractivity contribution in [2.75, 3.05) is 6.54 Å². The third-order valence-electron chi connectivity index (χ3n) is 4.38. The molecule has 0 unspecified atom stereocenters. The van der Waals surface area contributed by atoms with E-state index in [1.165, 1.54) is 6.07 Å². The highest BCUT2D eigenvalue weighted by Gasteiger charge is 2.52. The summed E-state index contributed by atoms with van der Waals surface area (Å²) in [6, 6.07) is 4.69. The number of nitrogens with two attached hydrogens (primary N) is 1. The van der Waals surface area contributed by atoms with Gasteiger partial charge in [0.1, 0.15) is 0 Å². The first kappa shape index (κ1) is 18.0. The zero-order valence-electron chi connectivity index (χ0n) is 13.7. The quantitative estimate of drug-likeness (QED) is 0.825. The average molecular weight is 338 g/mol. The summed E-state index contributed by atoms with van der Waals surface area (Å²) in [5.74, 6) is -1.05. The number of halogens is 1. The highest BCUT2D eigenvalue weighted by Crippen LogP contribution is 2.38. The summed E-state index contributed by atoms with van der Waals surface area (Å²) >= 11 is 5.88. The normalized spacial score (nSPS) is 19.9. The van der Waals surface area contributed by atoms with E-state index >= 15 is 0 Å². The van der Waals surface area contributed by atoms with Crippen molar-refractivity contribution in [2.24, 2.45) is 5.73 Å². The third-order valence-corrected chi connectivity index (χ3v) is 4.61. The Balaban J connectivity index is 2.40. The number of benzene rings is 1. The summed E-state index contributed by atoms with van der Waals surface area (Å²) < 4.78 is 11.9. The second kappa shape index (κ2) is 6.28. The molecular weight excluding hydrogens is 316 g/mol. The lowest BCUT2D eigenvalue weighted by molar-refractivity contribution is 0.00578. The molecule has 1 aromatic carbocycles. The molecule has 3 N–H and O–H groups in total. The molecule has 0 amide bonds. The number of rotatable bonds is 4. The fourth-order valence-corrected chi connectivity index (χ4v) is 2.43. The summed E-state index contributed by atoms with van der Waals surface area (Å²) in [5.41, 5.74) is 6.16. The molecule has 2 rings (SSSR count). The van der Waals surface area contributed by atoms with Crippen LogP contribution in [0.5, 0.6) is 0 Å². The minimum atomic E-state index is -1.05. The number of aromatic carboxylic acids is 1. The van der Waals surface area contributed by atoms with Crippen molar-refractivity contribution in [3.05, 3.63) is 39.8 Å². The Morgan fingerprint density at radius 3 is 2.35 bits per heavy atom. The predicted octanol–water partition coefficient (Wildman–Crippen LogP) is 3.01. The van der Waals surface area contributed by atoms with Crippen LogP contribution in [-0.4, -0.2) is 35.9 Å². The van der Waals surface area contributed by atoms with Gasteiger partial charge in [0.25, 0.3) is 0 Å². The van der Waals surface area contributed by atoms with Crippen molar-refractivity contribution in [3.8, 4) is 0 Å². The van der Waals surface area contributed by atoms with Crippen LogP contribution >= 0.6 is 11.6 Å². The van der Waals surface area contributed by atoms with Crippen LogP contribution < -0.4 is 5.73 Å². The Kier molecular flexibility index (Phi) is 4.92. The van der Waals surface area contributed by atoms with Crippen molar-refractivity contribution in [1.29, 1.82) is 0 Å². The summed E-state index contributed by atoms with van der Waals surface area (Å²) in [4.78, 5) is 11.4. The lowest BCUT2D eigenvalue weighted by Crippen LogP contribution is -2.41. The fraction of sp³-hybridized carbons (Fsp3) is 0.438. The minimum Gasteiger partial charge on any atom is -0.478 e. The molecule has 0 aromatic heterocycles. The SMILES string of the molecule is CC1(C)OB(C(=Cc2ccc(Cl)cc2C(=O)O)CN)OC1(C)C. The number of hydrogen-bond acceptors (Lipinski definition) is 4. The van der Waals surface area contributed by atoms with Crippen LogP contribution in [0.4, 0.5) is 0 Å². The first-order chi connectivity index (χ1) is 10.6. The number of carboxylic acids is 1. The molecule has 1 aliphatic heterocycles. The molecule has 23 heavy (non-hydrogen) atoms. The van der Waals surface area contributed by atoms with Crippen LogP contribution in [0.25, 0.3) is 6.08 Å². The number of hydrogen-bond donors (Lipinski definition) is 2. The van der Waals surface area contributed by atoms with E-state index < -0.39 is 24.3 Å². The molecule has 0 aliphatic carbocycles. The van der Waals surface area contributed by atoms with Gasteiger partial charge in [-0.25, -0.2) is 4.79 Å². The van der Waals surface area contributed by atoms with Crippen molar-refractivity contribution in [2.45, 2.75) is 38.9 Å². The van der Waals surface area contributed by atoms with Crippen molar-refractivity contribution < 1.29 is 19.2 Å². The molecule has 0 atom stereocenters. The van der Waals surface area contributed by atoms with E-state index in [-0.39, 0.29) is 12.1 Å². The van der Waals surface area contributed by atoms with Crippen LogP contribution in [0, 0.1) is 0 Å². The summed E-state index contributed by atoms with van der Waals surface area (Å²) in [6.07, 6.45) is 1.70. The van der Waals surface area contributed by atoms with Gasteiger partial charge in [0, 0.05) is 11.6 Å². The van der Waals surface area contributed by atoms with Crippen LogP contribution in [0.15, 0.2) is 23.7 Å². The van der Waals surface area contributed by atoms with Crippen LogP contribution in [0.3, 0.4) is 0 Å². The molecular formula is C16H21BClNO4. The van der Waals surface area contributed by atoms with E-state index in [1.807, 2.05) is 27.7 Å². The monoisotopic (exact) mass is 337 g/mol. The van der Waals surface area contributed by atoms with E-state index in [2.05, 4.69) is 0 Å². The molecule has 1 heterocycles. The zero-order chi connectivity index (χ0) is 17.4. The van der Waals surface area contributed by atoms with Gasteiger partial charge in [-0.2, -0.15) is 0 Å². The molecule has 1 saturated heterocycles. The summed E-state index contributed by atoms with van der Waals surface area (Å²) in [6.45, 7) is 7.99. The molecule has 1 aliphatic rings. The Morgan fingerprint density at radius 2 is 1.87 bits per heavy atom. The molecule has 0 radical (unpaired) electrons. The highest BCUT2D eigenvalue weighted by atomic mass is 35.5. The highest BCUT2D eigenvalue weighted by molar-refractivity contribution is 6.56. The van der Waals surface area contributed by atoms with E-state index in [0.717, 1.165) is 0 Å². The van der Waals surface area contributed by atoms with Crippen LogP contribution in [0.1, 0.15) is 43.6 Å². The van der Waals surface area contributed by atoms with E-state index in [1.54, 1.807) is 18.2 Å². The zero-order valence-corrected chi connectivity index (χ0v) is 14.5. The lowest BCUT2D eigenvalue weighted by Gasteiger charge is -2.32. The Labute approximate surface area is 141 Å². The standard InChI is InChI=1S/C16H21BClNO4/c1-15(2)16(3,4)23-17(22-15)11(9-19)7-10-5-6-12(18)8-13(10)14(20)21/h5-8H,9,19H2,1-4H3,(H,20,21). The van der Waals surface area contributed by atoms with Crippen LogP contribution in [-0.2, 0) is 9.31 Å². The number of carbonyl (C=O) groups is 1. The maximum absolute atomic E-state index is 11.4. The van der Waals surface area contributed by atoms with Crippen LogP contribution in [0.2, 0.25) is 5.02 Å². The molecule has 0 spiro atoms. The molecule has 7 heteroatoms. The van der Waals surface area contributed by atoms with Gasteiger partial charge in [0.05, 0.1) is 16.8 Å². The van der Waals surface area contributed by atoms with E-state index in [4.69, 9.17) is 26.6 Å². The summed E-state index contributed by atoms with van der Waals surface area (Å²) in [7, 11) is -0.609. The van der Waals surface area contributed by atoms with Crippen molar-refractivity contribution in [3.63, 3.8) is 0 Å². The maximum atomic E-state index is 11.4. The van der Waals surface area contributed by atoms with E-state index in [0.29, 0.717) is 16.1 Å². The first-order valence-corrected chi connectivity index (χ1v) is 7.74. The average Bonchev–Trinajstić information content (AvgIpc) is 2.65. The largest absolute Gasteiger partial charge is 0.491 e. The Bertz CT molecular complexity index is 641. The van der Waals surface area contributed by atoms with Gasteiger partial charge in [-0.05, 0) is 50.9 Å². The van der Waals surface area contributed by atoms with Gasteiger partial charge in [0.15, 0.2) is 0 Å². The van der Waals surface area contributed by atoms with Gasteiger partial charge in [-0.1, -0.05) is 23.7 Å². The topological polar surface area (TPSA) is 81.8 Å². The van der Waals surface area contributed by atoms with Gasteiger partial charge in [-0.3, -0.25) is 0 Å². The summed E-state index contributed by atoms with van der Waals surface area (Å²) in [5, 5.41) is 9.69. The molecule has 0 bridgehead atoms. The molecule has 0 saturated carbocycles. The lowest BCUT2D eigenvalue weighted by atomic mass is 9.77. The Hall–Kier alpha value is -1.34. The third kappa shape index (κ3) is 3.61. The van der Waals surface area contributed by atoms with Gasteiger partial charge in [-0.15, -0.1) is 0 Å². The first-order valence-electron chi connectivity index (χ1n) is 7.36. The van der Waals surface area contributed by atoms with Gasteiger partial charge < -0.3 is 20.1 Å². The Morgan fingerprint density at radius 1 is 1.30 bits per heavy atom. The van der Waals surface area contributed by atoms with E-state index in [9.17, 15) is 9.90 Å². The molecule has 1 fully saturated rings. The predicted molar refractivity (Wildman–Crippen MR) is 91.5 cm³/mol. The smallest absolute Gasteiger partial charge is 0.478 e. The second-order valence-corrected chi connectivity index (χ2v) is 6.98. The molecule has 1 aromatic rings. The van der Waals surface area contributed by atoms with Gasteiger partial charge in [0.2, 0.25) is 0 Å². The second-order valence-electron chi connectivity index (χ2n) is 6.55. The van der Waals surface area contributed by atoms with Gasteiger partial charge >= 0.3 is 13.1 Å². The minimum absolute atomic E-state index is 0.111.